The second kappa shape index (κ2) is 7.07. The first-order valence-electron chi connectivity index (χ1n) is 8.98. The Morgan fingerprint density at radius 3 is 2.76 bits per heavy atom. The minimum absolute atomic E-state index is 0.123. The number of aryl methyl sites for hydroxylation is 2. The van der Waals surface area contributed by atoms with Gasteiger partial charge < -0.3 is 10.1 Å². The van der Waals surface area contributed by atoms with Gasteiger partial charge in [-0.3, -0.25) is 0 Å². The summed E-state index contributed by atoms with van der Waals surface area (Å²) in [6.07, 6.45) is 2.96. The van der Waals surface area contributed by atoms with E-state index in [0.29, 0.717) is 6.61 Å². The molecule has 0 spiro atoms. The molecule has 0 aromatic carbocycles. The van der Waals surface area contributed by atoms with E-state index in [0.717, 1.165) is 54.8 Å². The van der Waals surface area contributed by atoms with Crippen molar-refractivity contribution in [1.82, 2.24) is 24.7 Å². The van der Waals surface area contributed by atoms with E-state index in [9.17, 15) is 0 Å². The van der Waals surface area contributed by atoms with E-state index in [2.05, 4.69) is 43.1 Å². The molecule has 3 heterocycles. The van der Waals surface area contributed by atoms with Crippen molar-refractivity contribution in [3.63, 3.8) is 0 Å². The summed E-state index contributed by atoms with van der Waals surface area (Å²) in [5.41, 5.74) is 0.763. The highest BCUT2D eigenvalue weighted by molar-refractivity contribution is 5.39. The first kappa shape index (κ1) is 17.8. The van der Waals surface area contributed by atoms with E-state index in [1.807, 2.05) is 10.7 Å². The Morgan fingerprint density at radius 1 is 1.28 bits per heavy atom. The highest BCUT2D eigenvalue weighted by Crippen LogP contribution is 2.28. The van der Waals surface area contributed by atoms with Crippen molar-refractivity contribution in [1.29, 1.82) is 0 Å². The topological polar surface area (TPSA) is 77.8 Å². The molecule has 0 saturated heterocycles. The van der Waals surface area contributed by atoms with Gasteiger partial charge >= 0.3 is 0 Å². The van der Waals surface area contributed by atoms with Crippen LogP contribution in [0.25, 0.3) is 0 Å². The number of nitrogens with zero attached hydrogens (tertiary/aromatic N) is 5. The molecule has 1 aliphatic rings. The third-order valence-corrected chi connectivity index (χ3v) is 4.30. The van der Waals surface area contributed by atoms with Crippen molar-refractivity contribution in [2.75, 3.05) is 12.4 Å². The molecule has 136 valence electrons. The van der Waals surface area contributed by atoms with Gasteiger partial charge in [0.25, 0.3) is 0 Å². The average Bonchev–Trinajstić information content (AvgIpc) is 2.98. The number of ether oxygens (including phenoxy) is 1. The summed E-state index contributed by atoms with van der Waals surface area (Å²) in [5, 5.41) is 8.13. The molecule has 1 atom stereocenters. The van der Waals surface area contributed by atoms with Crippen LogP contribution in [-0.2, 0) is 29.7 Å². The maximum atomic E-state index is 5.27. The highest BCUT2D eigenvalue weighted by atomic mass is 16.5. The lowest BCUT2D eigenvalue weighted by Gasteiger charge is -2.25. The summed E-state index contributed by atoms with van der Waals surface area (Å²) in [5.74, 6) is 3.55. The molecule has 1 unspecified atom stereocenters. The van der Waals surface area contributed by atoms with Crippen molar-refractivity contribution in [2.24, 2.45) is 0 Å². The average molecular weight is 344 g/mol. The van der Waals surface area contributed by atoms with Crippen molar-refractivity contribution in [3.8, 4) is 0 Å². The summed E-state index contributed by atoms with van der Waals surface area (Å²) >= 11 is 0. The standard InChI is InChI=1S/C18H28N6O/c1-6-14-21-16-13(8-7-9-24(16)23-14)20-15-10-12(11-25-5)19-17(22-15)18(2,3)4/h10,13H,6-9,11H2,1-5H3,(H,19,20,22). The summed E-state index contributed by atoms with van der Waals surface area (Å²) in [7, 11) is 1.68. The zero-order valence-electron chi connectivity index (χ0n) is 15.8. The summed E-state index contributed by atoms with van der Waals surface area (Å²) in [6, 6.07) is 2.09. The molecule has 7 nitrogen and oxygen atoms in total. The fourth-order valence-corrected chi connectivity index (χ4v) is 2.99. The number of methoxy groups -OCH3 is 1. The number of aromatic nitrogens is 5. The van der Waals surface area contributed by atoms with E-state index >= 15 is 0 Å². The van der Waals surface area contributed by atoms with Crippen molar-refractivity contribution in [2.45, 2.75) is 71.6 Å². The number of fused-ring (bicyclic) bond motifs is 1. The van der Waals surface area contributed by atoms with Gasteiger partial charge in [-0.25, -0.2) is 19.6 Å². The predicted molar refractivity (Wildman–Crippen MR) is 96.4 cm³/mol. The predicted octanol–water partition coefficient (Wildman–Crippen LogP) is 3.02. The summed E-state index contributed by atoms with van der Waals surface area (Å²) < 4.78 is 7.30. The van der Waals surface area contributed by atoms with Gasteiger partial charge in [0.15, 0.2) is 5.82 Å². The van der Waals surface area contributed by atoms with Gasteiger partial charge in [0, 0.05) is 31.6 Å². The lowest BCUT2D eigenvalue weighted by atomic mass is 9.95. The van der Waals surface area contributed by atoms with Crippen LogP contribution in [-0.4, -0.2) is 31.8 Å². The Kier molecular flexibility index (Phi) is 5.03. The number of rotatable bonds is 5. The van der Waals surface area contributed by atoms with Crippen LogP contribution in [0.2, 0.25) is 0 Å². The first-order chi connectivity index (χ1) is 11.9. The van der Waals surface area contributed by atoms with E-state index in [-0.39, 0.29) is 11.5 Å². The number of hydrogen-bond acceptors (Lipinski definition) is 6. The molecular weight excluding hydrogens is 316 g/mol. The molecule has 1 aliphatic heterocycles. The van der Waals surface area contributed by atoms with E-state index in [1.54, 1.807) is 7.11 Å². The largest absolute Gasteiger partial charge is 0.378 e. The SMILES string of the molecule is CCc1nc2n(n1)CCCC2Nc1cc(COC)nc(C(C)(C)C)n1. The zero-order valence-corrected chi connectivity index (χ0v) is 15.8. The normalized spacial score (nSPS) is 17.4. The van der Waals surface area contributed by atoms with Gasteiger partial charge in [-0.2, -0.15) is 5.10 Å². The lowest BCUT2D eigenvalue weighted by molar-refractivity contribution is 0.181. The third kappa shape index (κ3) is 3.98. The van der Waals surface area contributed by atoms with Gasteiger partial charge in [0.2, 0.25) is 0 Å². The van der Waals surface area contributed by atoms with Crippen LogP contribution in [0.1, 0.15) is 69.7 Å². The molecule has 0 saturated carbocycles. The maximum absolute atomic E-state index is 5.27. The quantitative estimate of drug-likeness (QED) is 0.898. The molecule has 2 aromatic rings. The third-order valence-electron chi connectivity index (χ3n) is 4.30. The van der Waals surface area contributed by atoms with Crippen molar-refractivity contribution < 1.29 is 4.74 Å². The molecule has 0 aliphatic carbocycles. The van der Waals surface area contributed by atoms with Crippen LogP contribution >= 0.6 is 0 Å². The zero-order chi connectivity index (χ0) is 18.0. The Bertz CT molecular complexity index is 734. The summed E-state index contributed by atoms with van der Waals surface area (Å²) in [6.45, 7) is 9.85. The lowest BCUT2D eigenvalue weighted by Crippen LogP contribution is -2.24. The van der Waals surface area contributed by atoms with Gasteiger partial charge in [0.1, 0.15) is 17.5 Å². The number of nitrogens with one attached hydrogen (secondary N) is 1. The van der Waals surface area contributed by atoms with E-state index in [4.69, 9.17) is 14.7 Å². The molecule has 0 bridgehead atoms. The van der Waals surface area contributed by atoms with Crippen LogP contribution in [0.5, 0.6) is 0 Å². The number of hydrogen-bond donors (Lipinski definition) is 1. The molecule has 0 amide bonds. The second-order valence-corrected chi connectivity index (χ2v) is 7.55. The van der Waals surface area contributed by atoms with Gasteiger partial charge in [-0.1, -0.05) is 27.7 Å². The molecular formula is C18H28N6O. The van der Waals surface area contributed by atoms with E-state index < -0.39 is 0 Å². The summed E-state index contributed by atoms with van der Waals surface area (Å²) in [4.78, 5) is 14.1. The molecule has 25 heavy (non-hydrogen) atoms. The maximum Gasteiger partial charge on any atom is 0.150 e. The first-order valence-corrected chi connectivity index (χ1v) is 8.98. The van der Waals surface area contributed by atoms with Crippen LogP contribution in [0.4, 0.5) is 5.82 Å². The van der Waals surface area contributed by atoms with E-state index in [1.165, 1.54) is 0 Å². The van der Waals surface area contributed by atoms with Crippen molar-refractivity contribution in [3.05, 3.63) is 29.2 Å². The van der Waals surface area contributed by atoms with Crippen LogP contribution in [0.15, 0.2) is 6.07 Å². The molecule has 2 aromatic heterocycles. The minimum atomic E-state index is -0.123. The van der Waals surface area contributed by atoms with Gasteiger partial charge in [-0.05, 0) is 12.8 Å². The monoisotopic (exact) mass is 344 g/mol. The van der Waals surface area contributed by atoms with Crippen LogP contribution in [0.3, 0.4) is 0 Å². The Hall–Kier alpha value is -2.02. The van der Waals surface area contributed by atoms with Gasteiger partial charge in [-0.15, -0.1) is 0 Å². The fraction of sp³-hybridized carbons (Fsp3) is 0.667. The second-order valence-electron chi connectivity index (χ2n) is 7.55. The minimum Gasteiger partial charge on any atom is -0.378 e. The Labute approximate surface area is 149 Å². The molecule has 1 N–H and O–H groups in total. The molecule has 0 fully saturated rings. The highest BCUT2D eigenvalue weighted by Gasteiger charge is 2.25. The molecule has 7 heteroatoms. The fourth-order valence-electron chi connectivity index (χ4n) is 2.99. The Morgan fingerprint density at radius 2 is 2.08 bits per heavy atom. The van der Waals surface area contributed by atoms with Crippen LogP contribution in [0, 0.1) is 0 Å². The Balaban J connectivity index is 1.90. The van der Waals surface area contributed by atoms with Crippen molar-refractivity contribution >= 4 is 5.82 Å². The molecule has 0 radical (unpaired) electrons. The van der Waals surface area contributed by atoms with Crippen LogP contribution < -0.4 is 5.32 Å². The number of anilines is 1. The van der Waals surface area contributed by atoms with Gasteiger partial charge in [0.05, 0.1) is 18.3 Å². The molecule has 3 rings (SSSR count). The smallest absolute Gasteiger partial charge is 0.150 e.